The van der Waals surface area contributed by atoms with Gasteiger partial charge in [-0.3, -0.25) is 0 Å². The monoisotopic (exact) mass is 195 g/mol. The number of pyridine rings is 1. The fourth-order valence-electron chi connectivity index (χ4n) is 0.693. The largest absolute Gasteiger partial charge is 0.464 e. The second-order valence-electron chi connectivity index (χ2n) is 2.30. The molecule has 0 aliphatic rings. The molecular weight excluding hydrogens is 186 g/mol. The summed E-state index contributed by atoms with van der Waals surface area (Å²) < 4.78 is 4.47. The zero-order valence-electron chi connectivity index (χ0n) is 7.81. The molecule has 0 atom stereocenters. The molecule has 0 unspecified atom stereocenters. The number of carbonyl (C=O) groups is 1. The third-order valence-corrected chi connectivity index (χ3v) is 1.31. The van der Waals surface area contributed by atoms with Crippen LogP contribution in [-0.2, 0) is 14.3 Å². The van der Waals surface area contributed by atoms with E-state index in [-0.39, 0.29) is 6.15 Å². The van der Waals surface area contributed by atoms with E-state index < -0.39 is 5.97 Å². The standard InChI is InChI=1S/C8H9NO2.CO2/c1-6-3-4-7(9-5-6)8(10)11-2;2-1-3/h3-5H,1-2H3;. The molecule has 0 saturated carbocycles. The Kier molecular flexibility index (Phi) is 5.58. The average molecular weight is 195 g/mol. The SMILES string of the molecule is COC(=O)c1ccc(C)cn1.O=C=O. The van der Waals surface area contributed by atoms with Crippen molar-refractivity contribution in [1.29, 1.82) is 0 Å². The second-order valence-corrected chi connectivity index (χ2v) is 2.30. The molecule has 0 aliphatic carbocycles. The van der Waals surface area contributed by atoms with E-state index in [0.717, 1.165) is 5.56 Å². The van der Waals surface area contributed by atoms with Crippen molar-refractivity contribution in [3.8, 4) is 0 Å². The van der Waals surface area contributed by atoms with E-state index in [2.05, 4.69) is 9.72 Å². The van der Waals surface area contributed by atoms with E-state index in [1.807, 2.05) is 13.0 Å². The molecular formula is C9H9NO4. The highest BCUT2D eigenvalue weighted by molar-refractivity contribution is 5.86. The molecule has 0 bridgehead atoms. The van der Waals surface area contributed by atoms with Gasteiger partial charge in [-0.25, -0.2) is 9.78 Å². The molecule has 5 nitrogen and oxygen atoms in total. The molecule has 5 heteroatoms. The lowest BCUT2D eigenvalue weighted by Gasteiger charge is -1.96. The first-order chi connectivity index (χ1) is 6.65. The molecule has 0 N–H and O–H groups in total. The summed E-state index contributed by atoms with van der Waals surface area (Å²) in [6, 6.07) is 3.46. The molecule has 0 radical (unpaired) electrons. The number of hydrogen-bond acceptors (Lipinski definition) is 5. The van der Waals surface area contributed by atoms with Crippen LogP contribution >= 0.6 is 0 Å². The van der Waals surface area contributed by atoms with Gasteiger partial charge in [0.15, 0.2) is 0 Å². The van der Waals surface area contributed by atoms with Crippen LogP contribution in [0.25, 0.3) is 0 Å². The third kappa shape index (κ3) is 4.13. The Labute approximate surface area is 80.7 Å². The summed E-state index contributed by atoms with van der Waals surface area (Å²) in [5.74, 6) is -0.398. The average Bonchev–Trinajstić information content (AvgIpc) is 2.19. The van der Waals surface area contributed by atoms with Crippen molar-refractivity contribution in [3.05, 3.63) is 29.6 Å². The van der Waals surface area contributed by atoms with Gasteiger partial charge in [0.1, 0.15) is 5.69 Å². The van der Waals surface area contributed by atoms with Gasteiger partial charge in [-0.05, 0) is 18.6 Å². The van der Waals surface area contributed by atoms with Crippen LogP contribution in [-0.4, -0.2) is 24.2 Å². The minimum absolute atomic E-state index is 0.250. The molecule has 14 heavy (non-hydrogen) atoms. The second kappa shape index (κ2) is 6.51. The van der Waals surface area contributed by atoms with Gasteiger partial charge in [-0.2, -0.15) is 9.59 Å². The van der Waals surface area contributed by atoms with Crippen LogP contribution in [0, 0.1) is 6.92 Å². The molecule has 1 heterocycles. The molecule has 0 saturated heterocycles. The molecule has 0 spiro atoms. The van der Waals surface area contributed by atoms with Gasteiger partial charge < -0.3 is 4.74 Å². The van der Waals surface area contributed by atoms with E-state index in [4.69, 9.17) is 9.59 Å². The molecule has 1 aromatic rings. The van der Waals surface area contributed by atoms with E-state index in [0.29, 0.717) is 5.69 Å². The maximum absolute atomic E-state index is 10.8. The number of ether oxygens (including phenoxy) is 1. The van der Waals surface area contributed by atoms with E-state index in [1.165, 1.54) is 7.11 Å². The number of aryl methyl sites for hydroxylation is 1. The van der Waals surface area contributed by atoms with Gasteiger partial charge in [0.05, 0.1) is 7.11 Å². The van der Waals surface area contributed by atoms with Crippen molar-refractivity contribution in [3.63, 3.8) is 0 Å². The summed E-state index contributed by atoms with van der Waals surface area (Å²) >= 11 is 0. The molecule has 0 amide bonds. The van der Waals surface area contributed by atoms with Gasteiger partial charge in [0.2, 0.25) is 0 Å². The Bertz CT molecular complexity index is 325. The maximum Gasteiger partial charge on any atom is 0.373 e. The molecule has 0 aliphatic heterocycles. The number of hydrogen-bond donors (Lipinski definition) is 0. The Morgan fingerprint density at radius 3 is 2.36 bits per heavy atom. The van der Waals surface area contributed by atoms with Gasteiger partial charge in [0.25, 0.3) is 0 Å². The van der Waals surface area contributed by atoms with E-state index in [1.54, 1.807) is 12.3 Å². The molecule has 74 valence electrons. The molecule has 1 aromatic heterocycles. The van der Waals surface area contributed by atoms with Crippen molar-refractivity contribution in [2.24, 2.45) is 0 Å². The van der Waals surface area contributed by atoms with Crippen LogP contribution in [0.2, 0.25) is 0 Å². The summed E-state index contributed by atoms with van der Waals surface area (Å²) in [5.41, 5.74) is 1.37. The van der Waals surface area contributed by atoms with Crippen molar-refractivity contribution >= 4 is 12.1 Å². The number of carbonyl (C=O) groups excluding carboxylic acids is 3. The topological polar surface area (TPSA) is 73.3 Å². The molecule has 0 aromatic carbocycles. The van der Waals surface area contributed by atoms with E-state index in [9.17, 15) is 4.79 Å². The zero-order chi connectivity index (χ0) is 11.0. The minimum Gasteiger partial charge on any atom is -0.464 e. The lowest BCUT2D eigenvalue weighted by Crippen LogP contribution is -2.03. The Morgan fingerprint density at radius 1 is 1.43 bits per heavy atom. The van der Waals surface area contributed by atoms with Crippen molar-refractivity contribution in [2.75, 3.05) is 7.11 Å². The first kappa shape index (κ1) is 12.0. The first-order valence-corrected chi connectivity index (χ1v) is 3.66. The third-order valence-electron chi connectivity index (χ3n) is 1.31. The summed E-state index contributed by atoms with van der Waals surface area (Å²) in [4.78, 5) is 31.0. The predicted molar refractivity (Wildman–Crippen MR) is 45.3 cm³/mol. The highest BCUT2D eigenvalue weighted by Gasteiger charge is 2.04. The Morgan fingerprint density at radius 2 is 2.00 bits per heavy atom. The summed E-state index contributed by atoms with van der Waals surface area (Å²) in [7, 11) is 1.34. The number of aromatic nitrogens is 1. The van der Waals surface area contributed by atoms with Crippen molar-refractivity contribution < 1.29 is 19.1 Å². The number of nitrogens with zero attached hydrogens (tertiary/aromatic N) is 1. The Hall–Kier alpha value is -2.00. The van der Waals surface area contributed by atoms with Crippen molar-refractivity contribution in [2.45, 2.75) is 6.92 Å². The lowest BCUT2D eigenvalue weighted by atomic mass is 10.3. The summed E-state index contributed by atoms with van der Waals surface area (Å²) in [5, 5.41) is 0. The number of methoxy groups -OCH3 is 1. The number of rotatable bonds is 1. The quantitative estimate of drug-likeness (QED) is 0.613. The van der Waals surface area contributed by atoms with Gasteiger partial charge in [0, 0.05) is 6.20 Å². The van der Waals surface area contributed by atoms with Crippen LogP contribution in [0.15, 0.2) is 18.3 Å². The predicted octanol–water partition coefficient (Wildman–Crippen LogP) is 0.593. The maximum atomic E-state index is 10.8. The highest BCUT2D eigenvalue weighted by atomic mass is 16.5. The van der Waals surface area contributed by atoms with Gasteiger partial charge in [-0.1, -0.05) is 6.07 Å². The van der Waals surface area contributed by atoms with Crippen LogP contribution in [0.5, 0.6) is 0 Å². The normalized spacial score (nSPS) is 7.86. The molecule has 1 rings (SSSR count). The van der Waals surface area contributed by atoms with Crippen LogP contribution in [0.1, 0.15) is 16.1 Å². The summed E-state index contributed by atoms with van der Waals surface area (Å²) in [6.45, 7) is 1.91. The van der Waals surface area contributed by atoms with Crippen LogP contribution in [0.3, 0.4) is 0 Å². The van der Waals surface area contributed by atoms with E-state index >= 15 is 0 Å². The zero-order valence-corrected chi connectivity index (χ0v) is 7.81. The highest BCUT2D eigenvalue weighted by Crippen LogP contribution is 1.99. The van der Waals surface area contributed by atoms with Crippen molar-refractivity contribution in [1.82, 2.24) is 4.98 Å². The lowest BCUT2D eigenvalue weighted by molar-refractivity contribution is -0.191. The van der Waals surface area contributed by atoms with Gasteiger partial charge >= 0.3 is 12.1 Å². The fraction of sp³-hybridized carbons (Fsp3) is 0.222. The van der Waals surface area contributed by atoms with Gasteiger partial charge in [-0.15, -0.1) is 0 Å². The summed E-state index contributed by atoms with van der Waals surface area (Å²) in [6.07, 6.45) is 1.88. The molecule has 0 fully saturated rings. The smallest absolute Gasteiger partial charge is 0.373 e. The minimum atomic E-state index is -0.398. The number of esters is 1. The van der Waals surface area contributed by atoms with Crippen LogP contribution < -0.4 is 0 Å². The van der Waals surface area contributed by atoms with Crippen LogP contribution in [0.4, 0.5) is 0 Å². The Balaban J connectivity index is 0.000000500. The first-order valence-electron chi connectivity index (χ1n) is 3.66. The fourth-order valence-corrected chi connectivity index (χ4v) is 0.693.